The van der Waals surface area contributed by atoms with E-state index in [4.69, 9.17) is 4.42 Å². The third-order valence-corrected chi connectivity index (χ3v) is 5.22. The van der Waals surface area contributed by atoms with E-state index in [9.17, 15) is 4.79 Å². The van der Waals surface area contributed by atoms with Crippen LogP contribution in [0.25, 0.3) is 11.3 Å². The van der Waals surface area contributed by atoms with Crippen LogP contribution in [0.5, 0.6) is 0 Å². The number of rotatable bonds is 4. The second kappa shape index (κ2) is 7.53. The highest BCUT2D eigenvalue weighted by atomic mass is 16.3. The van der Waals surface area contributed by atoms with E-state index in [2.05, 4.69) is 39.1 Å². The number of hydrogen-bond acceptors (Lipinski definition) is 4. The third-order valence-electron chi connectivity index (χ3n) is 5.22. The highest BCUT2D eigenvalue weighted by molar-refractivity contribution is 5.62. The van der Waals surface area contributed by atoms with Crippen molar-refractivity contribution < 1.29 is 4.42 Å². The van der Waals surface area contributed by atoms with Crippen LogP contribution in [0.4, 0.5) is 0 Å². The van der Waals surface area contributed by atoms with Gasteiger partial charge in [-0.1, -0.05) is 24.3 Å². The summed E-state index contributed by atoms with van der Waals surface area (Å²) in [5.41, 5.74) is 3.27. The van der Waals surface area contributed by atoms with Gasteiger partial charge in [0.05, 0.1) is 5.69 Å². The van der Waals surface area contributed by atoms with Crippen molar-refractivity contribution in [1.82, 2.24) is 14.9 Å². The molecule has 1 aromatic carbocycles. The first-order valence-corrected chi connectivity index (χ1v) is 9.53. The van der Waals surface area contributed by atoms with Gasteiger partial charge in [0.1, 0.15) is 17.3 Å². The van der Waals surface area contributed by atoms with Crippen molar-refractivity contribution in [1.29, 1.82) is 0 Å². The van der Waals surface area contributed by atoms with Gasteiger partial charge in [0.2, 0.25) is 0 Å². The number of H-pyrrole nitrogens is 1. The molecule has 1 aliphatic rings. The maximum atomic E-state index is 11.8. The molecule has 0 spiro atoms. The molecule has 0 saturated carbocycles. The van der Waals surface area contributed by atoms with Crippen LogP contribution >= 0.6 is 0 Å². The molecule has 0 bridgehead atoms. The smallest absolute Gasteiger partial charge is 0.251 e. The van der Waals surface area contributed by atoms with E-state index in [1.165, 1.54) is 5.56 Å². The highest BCUT2D eigenvalue weighted by Gasteiger charge is 2.24. The number of likely N-dealkylation sites (tertiary alicyclic amines) is 1. The molecule has 3 aromatic rings. The van der Waals surface area contributed by atoms with Gasteiger partial charge in [-0.15, -0.1) is 0 Å². The number of nitrogens with zero attached hydrogens (tertiary/aromatic N) is 2. The Morgan fingerprint density at radius 1 is 1.22 bits per heavy atom. The number of aromatic nitrogens is 2. The Bertz CT molecular complexity index is 989. The first kappa shape index (κ1) is 17.7. The summed E-state index contributed by atoms with van der Waals surface area (Å²) in [6, 6.07) is 14.1. The molecule has 1 atom stereocenters. The van der Waals surface area contributed by atoms with Gasteiger partial charge in [0.25, 0.3) is 5.56 Å². The zero-order chi connectivity index (χ0) is 18.8. The topological polar surface area (TPSA) is 62.1 Å². The van der Waals surface area contributed by atoms with Gasteiger partial charge in [-0.3, -0.25) is 9.69 Å². The molecule has 2 aromatic heterocycles. The average molecular weight is 363 g/mol. The number of aromatic amines is 1. The molecule has 0 aliphatic carbocycles. The zero-order valence-corrected chi connectivity index (χ0v) is 15.9. The fraction of sp³-hybridized carbons (Fsp3) is 0.364. The van der Waals surface area contributed by atoms with Gasteiger partial charge >= 0.3 is 0 Å². The molecule has 1 fully saturated rings. The van der Waals surface area contributed by atoms with Crippen molar-refractivity contribution in [2.75, 3.05) is 13.1 Å². The summed E-state index contributed by atoms with van der Waals surface area (Å²) in [4.78, 5) is 21.6. The lowest BCUT2D eigenvalue weighted by molar-refractivity contribution is 0.198. The van der Waals surface area contributed by atoms with E-state index in [0.717, 1.165) is 55.3 Å². The lowest BCUT2D eigenvalue weighted by Crippen LogP contribution is -2.34. The second-order valence-electron chi connectivity index (χ2n) is 7.40. The van der Waals surface area contributed by atoms with Crippen molar-refractivity contribution in [2.24, 2.45) is 0 Å². The zero-order valence-electron chi connectivity index (χ0n) is 15.9. The Morgan fingerprint density at radius 3 is 2.85 bits per heavy atom. The molecule has 1 aliphatic heterocycles. The first-order valence-electron chi connectivity index (χ1n) is 9.53. The number of nitrogens with one attached hydrogen (secondary N) is 1. The van der Waals surface area contributed by atoms with Gasteiger partial charge in [-0.2, -0.15) is 0 Å². The summed E-state index contributed by atoms with van der Waals surface area (Å²) in [6.07, 6.45) is 2.19. The molecule has 0 amide bonds. The molecule has 5 heteroatoms. The summed E-state index contributed by atoms with van der Waals surface area (Å²) >= 11 is 0. The number of aryl methyl sites for hydroxylation is 2. The van der Waals surface area contributed by atoms with Crippen molar-refractivity contribution in [2.45, 2.75) is 39.2 Å². The monoisotopic (exact) mass is 363 g/mol. The summed E-state index contributed by atoms with van der Waals surface area (Å²) in [5.74, 6) is 2.84. The molecular formula is C22H25N3O2. The van der Waals surface area contributed by atoms with Crippen LogP contribution in [-0.4, -0.2) is 28.0 Å². The minimum absolute atomic E-state index is 0.0619. The molecule has 1 saturated heterocycles. The molecular weight excluding hydrogens is 338 g/mol. The van der Waals surface area contributed by atoms with Crippen molar-refractivity contribution in [3.05, 3.63) is 75.7 Å². The number of benzene rings is 1. The fourth-order valence-corrected chi connectivity index (χ4v) is 3.97. The fourth-order valence-electron chi connectivity index (χ4n) is 3.97. The molecule has 0 radical (unpaired) electrons. The predicted molar refractivity (Wildman–Crippen MR) is 106 cm³/mol. The molecule has 3 heterocycles. The van der Waals surface area contributed by atoms with Crippen molar-refractivity contribution in [3.8, 4) is 11.3 Å². The summed E-state index contributed by atoms with van der Waals surface area (Å²) in [7, 11) is 0. The SMILES string of the molecule is Cc1nc([C@H]2CCCN(Cc3ccccc3-c3ccc(C)o3)C2)cc(=O)[nH]1. The van der Waals surface area contributed by atoms with Gasteiger partial charge in [-0.05, 0) is 50.9 Å². The normalized spacial score (nSPS) is 17.9. The van der Waals surface area contributed by atoms with Crippen LogP contribution in [0.3, 0.4) is 0 Å². The second-order valence-corrected chi connectivity index (χ2v) is 7.40. The largest absolute Gasteiger partial charge is 0.461 e. The molecule has 5 nitrogen and oxygen atoms in total. The van der Waals surface area contributed by atoms with Crippen molar-refractivity contribution >= 4 is 0 Å². The first-order chi connectivity index (χ1) is 13.1. The molecule has 140 valence electrons. The highest BCUT2D eigenvalue weighted by Crippen LogP contribution is 2.30. The summed E-state index contributed by atoms with van der Waals surface area (Å²) in [6.45, 7) is 6.66. The number of hydrogen-bond donors (Lipinski definition) is 1. The van der Waals surface area contributed by atoms with Gasteiger partial charge in [0.15, 0.2) is 0 Å². The summed E-state index contributed by atoms with van der Waals surface area (Å²) < 4.78 is 5.85. The lowest BCUT2D eigenvalue weighted by Gasteiger charge is -2.32. The maximum Gasteiger partial charge on any atom is 0.251 e. The van der Waals surface area contributed by atoms with E-state index in [0.29, 0.717) is 11.7 Å². The Balaban J connectivity index is 1.54. The van der Waals surface area contributed by atoms with Gasteiger partial charge in [-0.25, -0.2) is 4.98 Å². The van der Waals surface area contributed by atoms with Gasteiger partial charge in [0, 0.05) is 30.6 Å². The molecule has 4 rings (SSSR count). The van der Waals surface area contributed by atoms with E-state index in [1.807, 2.05) is 26.0 Å². The number of furan rings is 1. The minimum Gasteiger partial charge on any atom is -0.461 e. The van der Waals surface area contributed by atoms with Crippen molar-refractivity contribution in [3.63, 3.8) is 0 Å². The van der Waals surface area contributed by atoms with Crippen LogP contribution in [0.1, 0.15) is 41.6 Å². The van der Waals surface area contributed by atoms with Crippen LogP contribution < -0.4 is 5.56 Å². The molecule has 0 unspecified atom stereocenters. The van der Waals surface area contributed by atoms with E-state index in [1.54, 1.807) is 6.07 Å². The summed E-state index contributed by atoms with van der Waals surface area (Å²) in [5, 5.41) is 0. The van der Waals surface area contributed by atoms with E-state index < -0.39 is 0 Å². The maximum absolute atomic E-state index is 11.8. The predicted octanol–water partition coefficient (Wildman–Crippen LogP) is 4.03. The Kier molecular flexibility index (Phi) is 4.94. The lowest BCUT2D eigenvalue weighted by atomic mass is 9.93. The Hall–Kier alpha value is -2.66. The quantitative estimate of drug-likeness (QED) is 0.760. The van der Waals surface area contributed by atoms with E-state index in [-0.39, 0.29) is 5.56 Å². The Morgan fingerprint density at radius 2 is 2.07 bits per heavy atom. The number of piperidine rings is 1. The third kappa shape index (κ3) is 4.03. The van der Waals surface area contributed by atoms with Gasteiger partial charge < -0.3 is 9.40 Å². The average Bonchev–Trinajstić information content (AvgIpc) is 3.08. The Labute approximate surface area is 159 Å². The van der Waals surface area contributed by atoms with Crippen LogP contribution in [0, 0.1) is 13.8 Å². The van der Waals surface area contributed by atoms with Crippen LogP contribution in [0.15, 0.2) is 51.7 Å². The van der Waals surface area contributed by atoms with Crippen LogP contribution in [0.2, 0.25) is 0 Å². The van der Waals surface area contributed by atoms with Crippen LogP contribution in [-0.2, 0) is 6.54 Å². The standard InChI is InChI=1S/C22H25N3O2/c1-15-9-10-21(27-15)19-8-4-3-6-17(19)13-25-11-5-7-18(14-25)20-12-22(26)24-16(2)23-20/h3-4,6,8-10,12,18H,5,7,11,13-14H2,1-2H3,(H,23,24,26)/t18-/m0/s1. The molecule has 1 N–H and O–H groups in total. The minimum atomic E-state index is -0.0619. The van der Waals surface area contributed by atoms with E-state index >= 15 is 0 Å². The molecule has 27 heavy (non-hydrogen) atoms.